The van der Waals surface area contributed by atoms with Crippen molar-refractivity contribution in [3.63, 3.8) is 0 Å². The highest BCUT2D eigenvalue weighted by atomic mass is 19.4. The second-order valence-electron chi connectivity index (χ2n) is 10.3. The topological polar surface area (TPSA) is 63.7 Å². The summed E-state index contributed by atoms with van der Waals surface area (Å²) in [6.45, 7) is -2.96. The first-order valence-corrected chi connectivity index (χ1v) is 12.8. The van der Waals surface area contributed by atoms with Gasteiger partial charge >= 0.3 is 12.8 Å². The molecule has 2 aromatic carbocycles. The lowest BCUT2D eigenvalue weighted by Crippen LogP contribution is -2.43. The summed E-state index contributed by atoms with van der Waals surface area (Å²) in [6.07, 6.45) is 1.77. The highest BCUT2D eigenvalue weighted by Crippen LogP contribution is 2.39. The van der Waals surface area contributed by atoms with Crippen LogP contribution in [0.25, 0.3) is 33.2 Å². The fraction of sp³-hybridized carbons (Fsp3) is 0.357. The molecule has 0 N–H and O–H groups in total. The number of halogens is 5. The Morgan fingerprint density at radius 1 is 1.12 bits per heavy atom. The van der Waals surface area contributed by atoms with E-state index in [1.807, 2.05) is 29.1 Å². The molecule has 1 amide bonds. The number of carbonyl (C=O) groups is 1. The van der Waals surface area contributed by atoms with Crippen LogP contribution in [0, 0.1) is 0 Å². The molecule has 7 nitrogen and oxygen atoms in total. The molecule has 1 fully saturated rings. The van der Waals surface area contributed by atoms with Gasteiger partial charge in [0.2, 0.25) is 0 Å². The Bertz CT molecular complexity index is 1580. The van der Waals surface area contributed by atoms with Gasteiger partial charge in [-0.15, -0.1) is 0 Å². The van der Waals surface area contributed by atoms with E-state index in [1.165, 1.54) is 12.3 Å². The van der Waals surface area contributed by atoms with E-state index in [2.05, 4.69) is 21.8 Å². The van der Waals surface area contributed by atoms with E-state index in [-0.39, 0.29) is 18.5 Å². The van der Waals surface area contributed by atoms with Crippen LogP contribution in [0.15, 0.2) is 53.4 Å². The normalized spacial score (nSPS) is 18.2. The van der Waals surface area contributed by atoms with Crippen molar-refractivity contribution in [1.82, 2.24) is 19.6 Å². The number of furan rings is 1. The van der Waals surface area contributed by atoms with E-state index in [0.717, 1.165) is 30.6 Å². The lowest BCUT2D eigenvalue weighted by molar-refractivity contribution is -0.141. The van der Waals surface area contributed by atoms with Crippen molar-refractivity contribution >= 4 is 16.9 Å². The Morgan fingerprint density at radius 3 is 2.67 bits per heavy atom. The predicted octanol–water partition coefficient (Wildman–Crippen LogP) is 6.00. The van der Waals surface area contributed by atoms with Crippen LogP contribution in [0.4, 0.5) is 22.0 Å². The number of likely N-dealkylation sites (tertiary alicyclic amines) is 1. The first kappa shape index (κ1) is 26.3. The molecule has 1 unspecified atom stereocenters. The van der Waals surface area contributed by atoms with E-state index in [1.54, 1.807) is 12.3 Å². The third-order valence-corrected chi connectivity index (χ3v) is 7.48. The minimum absolute atomic E-state index is 0.0608. The number of hydrogen-bond acceptors (Lipinski definition) is 5. The summed E-state index contributed by atoms with van der Waals surface area (Å²) in [7, 11) is 2.08. The van der Waals surface area contributed by atoms with Crippen LogP contribution in [0.2, 0.25) is 0 Å². The maximum absolute atomic E-state index is 13.3. The van der Waals surface area contributed by atoms with Gasteiger partial charge < -0.3 is 19.0 Å². The van der Waals surface area contributed by atoms with Crippen molar-refractivity contribution in [3.8, 4) is 28.0 Å². The van der Waals surface area contributed by atoms with Crippen molar-refractivity contribution < 1.29 is 35.9 Å². The van der Waals surface area contributed by atoms with Crippen LogP contribution in [-0.4, -0.2) is 71.5 Å². The number of benzene rings is 2. The predicted molar refractivity (Wildman–Crippen MR) is 136 cm³/mol. The van der Waals surface area contributed by atoms with Crippen LogP contribution in [-0.2, 0) is 6.42 Å². The van der Waals surface area contributed by atoms with Gasteiger partial charge in [-0.1, -0.05) is 6.07 Å². The van der Waals surface area contributed by atoms with Gasteiger partial charge in [0.15, 0.2) is 0 Å². The highest BCUT2D eigenvalue weighted by molar-refractivity contribution is 6.02. The number of fused-ring (bicyclic) bond motifs is 2. The molecule has 0 aliphatic carbocycles. The minimum Gasteiger partial charge on any atom is -0.464 e. The molecule has 6 rings (SSSR count). The Balaban J connectivity index is 1.33. The van der Waals surface area contributed by atoms with E-state index in [0.29, 0.717) is 38.6 Å². The Kier molecular flexibility index (Phi) is 6.52. The number of alkyl halides is 5. The molecule has 1 saturated heterocycles. The molecular formula is C28H25F5N4O3. The molecular weight excluding hydrogens is 535 g/mol. The SMILES string of the molecule is CN1CCC(n2cc(-c3ccc4c(-c5cc6c(c(OC(F)F)c5)C(=O)N(CC(F)(F)F)CC6)coc4c3)cn2)C1. The Morgan fingerprint density at radius 2 is 1.95 bits per heavy atom. The average Bonchev–Trinajstić information content (AvgIpc) is 3.63. The van der Waals surface area contributed by atoms with Gasteiger partial charge in [0, 0.05) is 35.8 Å². The summed E-state index contributed by atoms with van der Waals surface area (Å²) >= 11 is 0. The molecule has 2 aliphatic rings. The number of likely N-dealkylation sites (N-methyl/N-ethyl adjacent to an activating group) is 1. The zero-order valence-corrected chi connectivity index (χ0v) is 21.4. The van der Waals surface area contributed by atoms with Gasteiger partial charge in [-0.25, -0.2) is 0 Å². The van der Waals surface area contributed by atoms with Gasteiger partial charge in [0.25, 0.3) is 5.91 Å². The number of nitrogens with zero attached hydrogens (tertiary/aromatic N) is 4. The number of hydrogen-bond donors (Lipinski definition) is 0. The largest absolute Gasteiger partial charge is 0.464 e. The van der Waals surface area contributed by atoms with Crippen molar-refractivity contribution in [2.24, 2.45) is 0 Å². The lowest BCUT2D eigenvalue weighted by Gasteiger charge is -2.30. The first-order chi connectivity index (χ1) is 19.1. The summed E-state index contributed by atoms with van der Waals surface area (Å²) in [5.41, 5.74) is 3.48. The molecule has 0 bridgehead atoms. The molecule has 1 atom stereocenters. The minimum atomic E-state index is -4.61. The van der Waals surface area contributed by atoms with Crippen molar-refractivity contribution in [2.45, 2.75) is 31.7 Å². The van der Waals surface area contributed by atoms with E-state index in [9.17, 15) is 26.7 Å². The second kappa shape index (κ2) is 9.92. The fourth-order valence-corrected chi connectivity index (χ4v) is 5.59. The lowest BCUT2D eigenvalue weighted by atomic mass is 9.92. The third kappa shape index (κ3) is 5.03. The number of amides is 1. The van der Waals surface area contributed by atoms with Crippen LogP contribution < -0.4 is 4.74 Å². The van der Waals surface area contributed by atoms with Crippen LogP contribution >= 0.6 is 0 Å². The van der Waals surface area contributed by atoms with Crippen LogP contribution in [0.3, 0.4) is 0 Å². The number of rotatable bonds is 6. The number of carbonyl (C=O) groups excluding carboxylic acids is 1. The quantitative estimate of drug-likeness (QED) is 0.271. The van der Waals surface area contributed by atoms with Crippen molar-refractivity contribution in [2.75, 3.05) is 33.2 Å². The van der Waals surface area contributed by atoms with Gasteiger partial charge in [0.1, 0.15) is 17.9 Å². The van der Waals surface area contributed by atoms with Gasteiger partial charge in [-0.3, -0.25) is 9.48 Å². The van der Waals surface area contributed by atoms with Crippen molar-refractivity contribution in [3.05, 3.63) is 60.1 Å². The number of ether oxygens (including phenoxy) is 1. The van der Waals surface area contributed by atoms with E-state index in [4.69, 9.17) is 4.42 Å². The maximum atomic E-state index is 13.3. The van der Waals surface area contributed by atoms with Crippen molar-refractivity contribution in [1.29, 1.82) is 0 Å². The smallest absolute Gasteiger partial charge is 0.406 e. The zero-order valence-electron chi connectivity index (χ0n) is 21.4. The van der Waals surface area contributed by atoms with Crippen LogP contribution in [0.5, 0.6) is 5.75 Å². The van der Waals surface area contributed by atoms with Gasteiger partial charge in [0.05, 0.1) is 24.1 Å². The van der Waals surface area contributed by atoms with E-state index < -0.39 is 31.0 Å². The standard InChI is InChI=1S/C28H25F5N4O3/c1-35-6-5-20(13-35)37-12-19(11-34-37)16-2-3-21-22(14-39-23(21)9-16)18-8-17-4-7-36(15-28(31,32)33)26(38)25(17)24(10-18)40-27(29)30/h2-3,8-12,14,20,27H,4-7,13,15H2,1H3. The molecule has 12 heteroatoms. The Hall–Kier alpha value is -3.93. The van der Waals surface area contributed by atoms with Gasteiger partial charge in [-0.2, -0.15) is 27.1 Å². The Labute approximate surface area is 225 Å². The molecule has 2 aromatic heterocycles. The molecule has 40 heavy (non-hydrogen) atoms. The summed E-state index contributed by atoms with van der Waals surface area (Å²) in [4.78, 5) is 15.7. The molecule has 4 aromatic rings. The fourth-order valence-electron chi connectivity index (χ4n) is 5.59. The monoisotopic (exact) mass is 560 g/mol. The van der Waals surface area contributed by atoms with Gasteiger partial charge in [-0.05, 0) is 67.4 Å². The zero-order chi connectivity index (χ0) is 28.2. The second-order valence-corrected chi connectivity index (χ2v) is 10.3. The average molecular weight is 561 g/mol. The molecule has 0 spiro atoms. The van der Waals surface area contributed by atoms with Crippen LogP contribution in [0.1, 0.15) is 28.4 Å². The highest BCUT2D eigenvalue weighted by Gasteiger charge is 2.37. The third-order valence-electron chi connectivity index (χ3n) is 7.48. The first-order valence-electron chi connectivity index (χ1n) is 12.8. The molecule has 0 saturated carbocycles. The summed E-state index contributed by atoms with van der Waals surface area (Å²) in [5, 5.41) is 5.24. The molecule has 4 heterocycles. The number of aromatic nitrogens is 2. The summed E-state index contributed by atoms with van der Waals surface area (Å²) < 4.78 is 77.9. The molecule has 0 radical (unpaired) electrons. The maximum Gasteiger partial charge on any atom is 0.406 e. The summed E-state index contributed by atoms with van der Waals surface area (Å²) in [5.74, 6) is -1.46. The molecule has 2 aliphatic heterocycles. The molecule has 210 valence electrons. The van der Waals surface area contributed by atoms with E-state index >= 15 is 0 Å². The summed E-state index contributed by atoms with van der Waals surface area (Å²) in [6, 6.07) is 8.83.